The maximum atomic E-state index is 11.8. The smallest absolute Gasteiger partial charge is 0.338 e. The van der Waals surface area contributed by atoms with Crippen LogP contribution in [0, 0.1) is 0 Å². The summed E-state index contributed by atoms with van der Waals surface area (Å²) in [5.74, 6) is 1.28. The van der Waals surface area contributed by atoms with Crippen molar-refractivity contribution in [3.63, 3.8) is 0 Å². The minimum atomic E-state index is -0.383. The van der Waals surface area contributed by atoms with Gasteiger partial charge in [0, 0.05) is 30.3 Å². The lowest BCUT2D eigenvalue weighted by atomic mass is 10.1. The molecule has 23 heavy (non-hydrogen) atoms. The predicted octanol–water partition coefficient (Wildman–Crippen LogP) is 3.58. The number of nitrogens with zero attached hydrogens (tertiary/aromatic N) is 1. The van der Waals surface area contributed by atoms with Gasteiger partial charge in [0.15, 0.2) is 11.5 Å². The largest absolute Gasteiger partial charge is 0.493 e. The van der Waals surface area contributed by atoms with Crippen LogP contribution in [-0.2, 0) is 0 Å². The Kier molecular flexibility index (Phi) is 3.93. The van der Waals surface area contributed by atoms with Crippen LogP contribution in [0.4, 0.5) is 11.4 Å². The lowest BCUT2D eigenvalue weighted by Gasteiger charge is -2.21. The number of hydrogen-bond donors (Lipinski definition) is 0. The molecule has 0 fully saturated rings. The van der Waals surface area contributed by atoms with Crippen LogP contribution < -0.4 is 20.0 Å². The Hall–Kier alpha value is -2.95. The van der Waals surface area contributed by atoms with E-state index in [1.807, 2.05) is 48.3 Å². The Morgan fingerprint density at radius 1 is 0.957 bits per heavy atom. The molecule has 0 aliphatic heterocycles. The van der Waals surface area contributed by atoms with Gasteiger partial charge in [0.25, 0.3) is 0 Å². The summed E-state index contributed by atoms with van der Waals surface area (Å²) < 4.78 is 15.8. The second-order valence-electron chi connectivity index (χ2n) is 5.05. The minimum absolute atomic E-state index is 0.383. The van der Waals surface area contributed by atoms with Gasteiger partial charge in [-0.15, -0.1) is 0 Å². The fraction of sp³-hybridized carbons (Fsp3) is 0.167. The minimum Gasteiger partial charge on any atom is -0.493 e. The van der Waals surface area contributed by atoms with E-state index in [9.17, 15) is 4.79 Å². The molecule has 0 unspecified atom stereocenters. The monoisotopic (exact) mass is 311 g/mol. The normalized spacial score (nSPS) is 10.6. The van der Waals surface area contributed by atoms with Crippen molar-refractivity contribution in [3.8, 4) is 11.5 Å². The molecule has 0 bridgehead atoms. The fourth-order valence-electron chi connectivity index (χ4n) is 2.54. The van der Waals surface area contributed by atoms with Crippen LogP contribution in [0.1, 0.15) is 0 Å². The molecule has 0 atom stereocenters. The molecule has 3 aromatic rings. The van der Waals surface area contributed by atoms with Crippen LogP contribution >= 0.6 is 0 Å². The number of ether oxygens (including phenoxy) is 2. The molecular weight excluding hydrogens is 294 g/mol. The van der Waals surface area contributed by atoms with Crippen molar-refractivity contribution in [3.05, 3.63) is 59.0 Å². The summed E-state index contributed by atoms with van der Waals surface area (Å²) in [6.07, 6.45) is 0. The number of fused-ring (bicyclic) bond motifs is 1. The molecule has 2 aromatic carbocycles. The summed E-state index contributed by atoms with van der Waals surface area (Å²) in [6, 6.07) is 14.5. The van der Waals surface area contributed by atoms with E-state index in [4.69, 9.17) is 13.9 Å². The highest BCUT2D eigenvalue weighted by atomic mass is 16.5. The zero-order chi connectivity index (χ0) is 16.4. The van der Waals surface area contributed by atoms with Gasteiger partial charge in [-0.25, -0.2) is 4.79 Å². The van der Waals surface area contributed by atoms with Crippen LogP contribution in [0.2, 0.25) is 0 Å². The van der Waals surface area contributed by atoms with E-state index in [2.05, 4.69) is 0 Å². The molecular formula is C18H17NO4. The van der Waals surface area contributed by atoms with Gasteiger partial charge < -0.3 is 18.8 Å². The number of rotatable bonds is 4. The molecule has 5 heteroatoms. The third kappa shape index (κ3) is 2.73. The Morgan fingerprint density at radius 2 is 1.70 bits per heavy atom. The van der Waals surface area contributed by atoms with Crippen molar-refractivity contribution in [2.75, 3.05) is 26.2 Å². The summed E-state index contributed by atoms with van der Waals surface area (Å²) in [6.45, 7) is 0. The number of methoxy groups -OCH3 is 2. The zero-order valence-corrected chi connectivity index (χ0v) is 13.2. The van der Waals surface area contributed by atoms with Gasteiger partial charge in [-0.3, -0.25) is 0 Å². The molecule has 0 saturated carbocycles. The van der Waals surface area contributed by atoms with Crippen molar-refractivity contribution in [1.29, 1.82) is 0 Å². The van der Waals surface area contributed by atoms with Gasteiger partial charge in [0.05, 0.1) is 19.9 Å². The topological polar surface area (TPSA) is 51.9 Å². The lowest BCUT2D eigenvalue weighted by Crippen LogP contribution is -2.13. The van der Waals surface area contributed by atoms with Crippen molar-refractivity contribution >= 4 is 22.3 Å². The Bertz CT molecular complexity index is 901. The van der Waals surface area contributed by atoms with Crippen LogP contribution in [0.3, 0.4) is 0 Å². The number of para-hydroxylation sites is 1. The number of hydrogen-bond acceptors (Lipinski definition) is 5. The van der Waals surface area contributed by atoms with Crippen LogP contribution in [-0.4, -0.2) is 21.3 Å². The second kappa shape index (κ2) is 6.04. The molecule has 0 saturated heterocycles. The van der Waals surface area contributed by atoms with Gasteiger partial charge in [-0.05, 0) is 24.3 Å². The van der Waals surface area contributed by atoms with E-state index in [-0.39, 0.29) is 5.63 Å². The molecule has 0 aliphatic carbocycles. The molecule has 0 N–H and O–H groups in total. The molecule has 1 aromatic heterocycles. The maximum absolute atomic E-state index is 11.8. The van der Waals surface area contributed by atoms with Crippen molar-refractivity contribution in [2.45, 2.75) is 0 Å². The fourth-order valence-corrected chi connectivity index (χ4v) is 2.54. The van der Waals surface area contributed by atoms with Gasteiger partial charge >= 0.3 is 5.63 Å². The van der Waals surface area contributed by atoms with E-state index in [0.29, 0.717) is 17.1 Å². The molecule has 3 rings (SSSR count). The lowest BCUT2D eigenvalue weighted by molar-refractivity contribution is 0.355. The van der Waals surface area contributed by atoms with Gasteiger partial charge in [-0.2, -0.15) is 0 Å². The highest BCUT2D eigenvalue weighted by Crippen LogP contribution is 2.35. The SMILES string of the molecule is COc1ccc(N(C)c2cc(=O)oc3ccccc23)cc1OC. The average Bonchev–Trinajstić information content (AvgIpc) is 2.59. The summed E-state index contributed by atoms with van der Waals surface area (Å²) in [4.78, 5) is 13.7. The van der Waals surface area contributed by atoms with Crippen molar-refractivity contribution in [1.82, 2.24) is 0 Å². The first-order valence-electron chi connectivity index (χ1n) is 7.12. The summed E-state index contributed by atoms with van der Waals surface area (Å²) in [7, 11) is 5.08. The van der Waals surface area contributed by atoms with E-state index in [0.717, 1.165) is 16.8 Å². The molecule has 5 nitrogen and oxygen atoms in total. The first kappa shape index (κ1) is 15.0. The standard InChI is InChI=1S/C18H17NO4/c1-19(12-8-9-16(21-2)17(10-12)22-3)14-11-18(20)23-15-7-5-4-6-13(14)15/h4-11H,1-3H3. The van der Waals surface area contributed by atoms with Crippen LogP contribution in [0.25, 0.3) is 11.0 Å². The number of benzene rings is 2. The third-order valence-electron chi connectivity index (χ3n) is 3.74. The van der Waals surface area contributed by atoms with Gasteiger partial charge in [-0.1, -0.05) is 12.1 Å². The Balaban J connectivity index is 2.14. The molecule has 0 amide bonds. The van der Waals surface area contributed by atoms with Gasteiger partial charge in [0.1, 0.15) is 5.58 Å². The van der Waals surface area contributed by atoms with Crippen LogP contribution in [0.15, 0.2) is 57.7 Å². The highest BCUT2D eigenvalue weighted by molar-refractivity contribution is 5.92. The van der Waals surface area contributed by atoms with E-state index >= 15 is 0 Å². The third-order valence-corrected chi connectivity index (χ3v) is 3.74. The quantitative estimate of drug-likeness (QED) is 0.689. The second-order valence-corrected chi connectivity index (χ2v) is 5.05. The molecule has 0 spiro atoms. The van der Waals surface area contributed by atoms with Crippen LogP contribution in [0.5, 0.6) is 11.5 Å². The van der Waals surface area contributed by atoms with Crippen molar-refractivity contribution < 1.29 is 13.9 Å². The first-order chi connectivity index (χ1) is 11.1. The number of anilines is 2. The van der Waals surface area contributed by atoms with E-state index in [1.165, 1.54) is 6.07 Å². The maximum Gasteiger partial charge on any atom is 0.338 e. The molecule has 0 aliphatic rings. The molecule has 118 valence electrons. The zero-order valence-electron chi connectivity index (χ0n) is 13.2. The molecule has 0 radical (unpaired) electrons. The Labute approximate surface area is 133 Å². The van der Waals surface area contributed by atoms with Crippen molar-refractivity contribution in [2.24, 2.45) is 0 Å². The first-order valence-corrected chi connectivity index (χ1v) is 7.12. The predicted molar refractivity (Wildman–Crippen MR) is 90.1 cm³/mol. The summed E-state index contributed by atoms with van der Waals surface area (Å²) >= 11 is 0. The van der Waals surface area contributed by atoms with Gasteiger partial charge in [0.2, 0.25) is 0 Å². The summed E-state index contributed by atoms with van der Waals surface area (Å²) in [5.41, 5.74) is 1.82. The van der Waals surface area contributed by atoms with E-state index < -0.39 is 0 Å². The Morgan fingerprint density at radius 3 is 2.43 bits per heavy atom. The molecule has 1 heterocycles. The highest BCUT2D eigenvalue weighted by Gasteiger charge is 2.13. The average molecular weight is 311 g/mol. The van der Waals surface area contributed by atoms with E-state index in [1.54, 1.807) is 20.3 Å². The summed E-state index contributed by atoms with van der Waals surface area (Å²) in [5, 5.41) is 0.865.